The number of nitrogens with zero attached hydrogens (tertiary/aromatic N) is 2. The number of hydrogen-bond donors (Lipinski definition) is 1. The highest BCUT2D eigenvalue weighted by Gasteiger charge is 2.36. The third-order valence-electron chi connectivity index (χ3n) is 8.47. The van der Waals surface area contributed by atoms with Crippen molar-refractivity contribution in [3.05, 3.63) is 82.2 Å². The fourth-order valence-corrected chi connectivity index (χ4v) is 7.78. The van der Waals surface area contributed by atoms with Gasteiger partial charge >= 0.3 is 12.5 Å². The summed E-state index contributed by atoms with van der Waals surface area (Å²) in [6, 6.07) is 18.2. The minimum absolute atomic E-state index is 0.162. The van der Waals surface area contributed by atoms with Crippen LogP contribution in [0.4, 0.5) is 18.0 Å². The molecule has 0 atom stereocenters. The molecular weight excluding hydrogens is 665 g/mol. The van der Waals surface area contributed by atoms with E-state index >= 15 is 0 Å². The van der Waals surface area contributed by atoms with Gasteiger partial charge in [0.25, 0.3) is 5.91 Å². The van der Waals surface area contributed by atoms with Crippen LogP contribution in [0.3, 0.4) is 0 Å². The number of thiophene rings is 1. The highest BCUT2D eigenvalue weighted by atomic mass is 35.5. The van der Waals surface area contributed by atoms with Gasteiger partial charge in [-0.3, -0.25) is 4.79 Å². The predicted octanol–water partition coefficient (Wildman–Crippen LogP) is 10.1. The van der Waals surface area contributed by atoms with E-state index in [2.05, 4.69) is 4.74 Å². The number of carbonyl (C=O) groups excluding carboxylic acids is 1. The van der Waals surface area contributed by atoms with Crippen LogP contribution in [0.5, 0.6) is 11.5 Å². The SMILES string of the molecule is COc1ccc(-c2ccc(OC(F)(F)F)cc2)cc1CN(C(=O)c1sc2ccccc2c1Cl)C1CCC(N(CC(C)(C)C)C(=O)O)CC1. The van der Waals surface area contributed by atoms with E-state index < -0.39 is 12.5 Å². The Balaban J connectivity index is 1.47. The summed E-state index contributed by atoms with van der Waals surface area (Å²) in [5.74, 6) is -0.000921. The van der Waals surface area contributed by atoms with Crippen molar-refractivity contribution in [1.82, 2.24) is 9.80 Å². The lowest BCUT2D eigenvalue weighted by molar-refractivity contribution is -0.274. The molecule has 0 bridgehead atoms. The molecule has 4 aromatic rings. The van der Waals surface area contributed by atoms with Crippen LogP contribution in [0.2, 0.25) is 5.02 Å². The van der Waals surface area contributed by atoms with Crippen molar-refractivity contribution in [3.8, 4) is 22.6 Å². The number of alkyl halides is 3. The van der Waals surface area contributed by atoms with Gasteiger partial charge in [-0.15, -0.1) is 24.5 Å². The van der Waals surface area contributed by atoms with E-state index in [0.717, 1.165) is 15.6 Å². The van der Waals surface area contributed by atoms with Gasteiger partial charge in [-0.25, -0.2) is 4.79 Å². The number of ether oxygens (including phenoxy) is 2. The van der Waals surface area contributed by atoms with Crippen molar-refractivity contribution in [2.24, 2.45) is 5.41 Å². The Kier molecular flexibility index (Phi) is 10.5. The Morgan fingerprint density at radius 3 is 2.08 bits per heavy atom. The van der Waals surface area contributed by atoms with Crippen molar-refractivity contribution in [1.29, 1.82) is 0 Å². The Labute approximate surface area is 286 Å². The molecule has 1 N–H and O–H groups in total. The second-order valence-electron chi connectivity index (χ2n) is 13.2. The molecule has 48 heavy (non-hydrogen) atoms. The van der Waals surface area contributed by atoms with Crippen LogP contribution in [0.25, 0.3) is 21.2 Å². The molecule has 7 nitrogen and oxygen atoms in total. The van der Waals surface area contributed by atoms with Crippen LogP contribution in [0.1, 0.15) is 61.7 Å². The minimum Gasteiger partial charge on any atom is -0.496 e. The number of rotatable bonds is 9. The second kappa shape index (κ2) is 14.3. The normalized spacial score (nSPS) is 16.8. The van der Waals surface area contributed by atoms with E-state index in [9.17, 15) is 27.9 Å². The smallest absolute Gasteiger partial charge is 0.496 e. The molecule has 0 unspecified atom stereocenters. The third kappa shape index (κ3) is 8.36. The lowest BCUT2D eigenvalue weighted by Gasteiger charge is -2.41. The number of halogens is 4. The summed E-state index contributed by atoms with van der Waals surface area (Å²) in [5.41, 5.74) is 1.88. The summed E-state index contributed by atoms with van der Waals surface area (Å²) >= 11 is 8.13. The number of carbonyl (C=O) groups is 2. The number of benzene rings is 3. The maximum absolute atomic E-state index is 14.5. The highest BCUT2D eigenvalue weighted by Crippen LogP contribution is 2.39. The molecule has 256 valence electrons. The predicted molar refractivity (Wildman–Crippen MR) is 182 cm³/mol. The van der Waals surface area contributed by atoms with Crippen LogP contribution in [-0.4, -0.2) is 59.0 Å². The highest BCUT2D eigenvalue weighted by molar-refractivity contribution is 7.21. The lowest BCUT2D eigenvalue weighted by atomic mass is 9.87. The van der Waals surface area contributed by atoms with E-state index in [1.807, 2.05) is 56.0 Å². The molecule has 1 aliphatic rings. The molecule has 1 aromatic heterocycles. The molecule has 0 saturated heterocycles. The number of amides is 2. The van der Waals surface area contributed by atoms with Crippen molar-refractivity contribution in [3.63, 3.8) is 0 Å². The molecule has 5 rings (SSSR count). The van der Waals surface area contributed by atoms with E-state index in [0.29, 0.717) is 59.0 Å². The first-order valence-electron chi connectivity index (χ1n) is 15.6. The van der Waals surface area contributed by atoms with Crippen LogP contribution >= 0.6 is 22.9 Å². The number of methoxy groups -OCH3 is 1. The fourth-order valence-electron chi connectivity index (χ4n) is 6.31. The van der Waals surface area contributed by atoms with Gasteiger partial charge in [0.1, 0.15) is 16.4 Å². The molecule has 1 saturated carbocycles. The minimum atomic E-state index is -4.79. The average Bonchev–Trinajstić information content (AvgIpc) is 3.37. The van der Waals surface area contributed by atoms with E-state index in [4.69, 9.17) is 16.3 Å². The van der Waals surface area contributed by atoms with Gasteiger partial charge < -0.3 is 24.4 Å². The topological polar surface area (TPSA) is 79.3 Å². The maximum Gasteiger partial charge on any atom is 0.573 e. The van der Waals surface area contributed by atoms with Crippen molar-refractivity contribution in [2.75, 3.05) is 13.7 Å². The number of hydrogen-bond acceptors (Lipinski definition) is 5. The quantitative estimate of drug-likeness (QED) is 0.188. The van der Waals surface area contributed by atoms with Gasteiger partial charge in [0, 0.05) is 40.8 Å². The Bertz CT molecular complexity index is 1760. The fraction of sp³-hybridized carbons (Fsp3) is 0.389. The van der Waals surface area contributed by atoms with E-state index in [1.54, 1.807) is 24.3 Å². The zero-order valence-corrected chi connectivity index (χ0v) is 28.7. The Morgan fingerprint density at radius 2 is 1.52 bits per heavy atom. The second-order valence-corrected chi connectivity index (χ2v) is 14.6. The average molecular weight is 703 g/mol. The Hall–Kier alpha value is -3.96. The summed E-state index contributed by atoms with van der Waals surface area (Å²) in [6.45, 7) is 6.61. The summed E-state index contributed by atoms with van der Waals surface area (Å²) in [5, 5.41) is 11.2. The van der Waals surface area contributed by atoms with E-state index in [-0.39, 0.29) is 35.7 Å². The molecular formula is C36H38ClF3N2O5S. The van der Waals surface area contributed by atoms with Crippen LogP contribution in [0.15, 0.2) is 66.7 Å². The molecule has 0 aliphatic heterocycles. The van der Waals surface area contributed by atoms with Crippen LogP contribution in [-0.2, 0) is 6.54 Å². The Morgan fingerprint density at radius 1 is 0.917 bits per heavy atom. The van der Waals surface area contributed by atoms with Gasteiger partial charge in [0.2, 0.25) is 0 Å². The molecule has 0 spiro atoms. The summed E-state index contributed by atoms with van der Waals surface area (Å²) < 4.78 is 48.7. The van der Waals surface area contributed by atoms with Gasteiger partial charge in [0.15, 0.2) is 0 Å². The zero-order chi connectivity index (χ0) is 34.8. The summed E-state index contributed by atoms with van der Waals surface area (Å²) in [7, 11) is 1.54. The molecule has 1 fully saturated rings. The molecule has 1 heterocycles. The first kappa shape index (κ1) is 35.3. The summed E-state index contributed by atoms with van der Waals surface area (Å²) in [6.07, 6.45) is -3.36. The third-order valence-corrected chi connectivity index (χ3v) is 10.1. The van der Waals surface area contributed by atoms with E-state index in [1.165, 1.54) is 35.5 Å². The van der Waals surface area contributed by atoms with Gasteiger partial charge in [0.05, 0.1) is 12.1 Å². The number of carboxylic acid groups (broad SMARTS) is 1. The molecule has 2 amide bonds. The lowest BCUT2D eigenvalue weighted by Crippen LogP contribution is -2.49. The van der Waals surface area contributed by atoms with Crippen molar-refractivity contribution in [2.45, 2.75) is 71.4 Å². The van der Waals surface area contributed by atoms with Gasteiger partial charge in [-0.05, 0) is 72.6 Å². The molecule has 1 aliphatic carbocycles. The zero-order valence-electron chi connectivity index (χ0n) is 27.1. The maximum atomic E-state index is 14.5. The molecule has 12 heteroatoms. The molecule has 3 aromatic carbocycles. The summed E-state index contributed by atoms with van der Waals surface area (Å²) in [4.78, 5) is 30.4. The first-order chi connectivity index (χ1) is 22.6. The van der Waals surface area contributed by atoms with Crippen molar-refractivity contribution < 1.29 is 37.3 Å². The number of fused-ring (bicyclic) bond motifs is 1. The van der Waals surface area contributed by atoms with Crippen molar-refractivity contribution >= 4 is 45.0 Å². The van der Waals surface area contributed by atoms with Gasteiger partial charge in [-0.2, -0.15) is 0 Å². The molecule has 0 radical (unpaired) electrons. The van der Waals surface area contributed by atoms with Crippen LogP contribution in [0, 0.1) is 5.41 Å². The standard InChI is InChI=1S/C36H38ClF3N2O5S/c1-35(2,3)21-42(34(44)45)26-14-12-25(13-15-26)41(33(43)32-31(37)28-7-5-6-8-30(28)48-32)20-24-19-23(11-18-29(24)46-4)22-9-16-27(17-10-22)47-36(38,39)40/h5-11,16-19,25-26H,12-15,20-21H2,1-4H3,(H,44,45). The largest absolute Gasteiger partial charge is 0.573 e. The van der Waals surface area contributed by atoms with Gasteiger partial charge in [-0.1, -0.05) is 68.8 Å². The van der Waals surface area contributed by atoms with Crippen LogP contribution < -0.4 is 9.47 Å². The first-order valence-corrected chi connectivity index (χ1v) is 16.8. The monoisotopic (exact) mass is 702 g/mol.